The molecule has 0 aliphatic heterocycles. The summed E-state index contributed by atoms with van der Waals surface area (Å²) in [7, 11) is 0. The van der Waals surface area contributed by atoms with Gasteiger partial charge in [-0.05, 0) is 36.9 Å². The van der Waals surface area contributed by atoms with Gasteiger partial charge in [0.1, 0.15) is 11.2 Å². The molecule has 5 nitrogen and oxygen atoms in total. The smallest absolute Gasteiger partial charge is 0.262 e. The average Bonchev–Trinajstić information content (AvgIpc) is 2.97. The molecule has 1 aromatic carbocycles. The number of amides is 1. The number of nitrogens with zero attached hydrogens (tertiary/aromatic N) is 2. The summed E-state index contributed by atoms with van der Waals surface area (Å²) in [6.45, 7) is 3.89. The Labute approximate surface area is 132 Å². The van der Waals surface area contributed by atoms with Crippen molar-refractivity contribution in [3.8, 4) is 5.88 Å². The van der Waals surface area contributed by atoms with Crippen LogP contribution in [0.2, 0.25) is 0 Å². The number of rotatable bonds is 4. The molecule has 3 aromatic rings. The monoisotopic (exact) mass is 313 g/mol. The molecule has 2 heterocycles. The number of hydrogen-bond donors (Lipinski definition) is 1. The number of fused-ring (bicyclic) bond motifs is 1. The fourth-order valence-corrected chi connectivity index (χ4v) is 2.88. The molecule has 0 unspecified atom stereocenters. The summed E-state index contributed by atoms with van der Waals surface area (Å²) in [5, 5.41) is 5.59. The average molecular weight is 313 g/mol. The van der Waals surface area contributed by atoms with Crippen molar-refractivity contribution in [2.45, 2.75) is 13.8 Å². The number of thiophene rings is 1. The zero-order valence-corrected chi connectivity index (χ0v) is 13.1. The van der Waals surface area contributed by atoms with Crippen molar-refractivity contribution < 1.29 is 9.53 Å². The predicted octanol–water partition coefficient (Wildman–Crippen LogP) is 3.33. The molecule has 112 valence electrons. The Morgan fingerprint density at radius 3 is 2.95 bits per heavy atom. The topological polar surface area (TPSA) is 64.1 Å². The first kappa shape index (κ1) is 14.5. The first-order valence-corrected chi connectivity index (χ1v) is 7.69. The second-order valence-corrected chi connectivity index (χ2v) is 5.87. The van der Waals surface area contributed by atoms with Gasteiger partial charge in [-0.15, -0.1) is 11.3 Å². The van der Waals surface area contributed by atoms with Gasteiger partial charge in [0.15, 0.2) is 6.61 Å². The number of hydrogen-bond acceptors (Lipinski definition) is 5. The van der Waals surface area contributed by atoms with Gasteiger partial charge in [-0.1, -0.05) is 17.7 Å². The summed E-state index contributed by atoms with van der Waals surface area (Å²) in [5.41, 5.74) is 2.98. The third kappa shape index (κ3) is 3.07. The van der Waals surface area contributed by atoms with Gasteiger partial charge in [0.2, 0.25) is 5.88 Å². The first-order chi connectivity index (χ1) is 10.6. The molecular weight excluding hydrogens is 298 g/mol. The van der Waals surface area contributed by atoms with Crippen LogP contribution in [0, 0.1) is 13.8 Å². The Kier molecular flexibility index (Phi) is 4.02. The van der Waals surface area contributed by atoms with E-state index in [1.807, 2.05) is 43.5 Å². The summed E-state index contributed by atoms with van der Waals surface area (Å²) in [4.78, 5) is 21.1. The highest BCUT2D eigenvalue weighted by molar-refractivity contribution is 7.16. The van der Waals surface area contributed by atoms with Gasteiger partial charge in [0.25, 0.3) is 5.91 Å². The summed E-state index contributed by atoms with van der Waals surface area (Å²) >= 11 is 1.51. The van der Waals surface area contributed by atoms with Gasteiger partial charge < -0.3 is 10.1 Å². The summed E-state index contributed by atoms with van der Waals surface area (Å²) in [6, 6.07) is 7.76. The third-order valence-electron chi connectivity index (χ3n) is 3.22. The maximum absolute atomic E-state index is 12.0. The van der Waals surface area contributed by atoms with Crippen LogP contribution in [-0.4, -0.2) is 22.5 Å². The Balaban J connectivity index is 1.66. The van der Waals surface area contributed by atoms with Gasteiger partial charge >= 0.3 is 0 Å². The molecule has 2 aromatic heterocycles. The van der Waals surface area contributed by atoms with Crippen LogP contribution in [0.4, 0.5) is 5.69 Å². The van der Waals surface area contributed by atoms with Gasteiger partial charge in [-0.3, -0.25) is 4.79 Å². The molecule has 3 rings (SSSR count). The SMILES string of the molecule is Cc1ccc(NC(=O)COc2ncnc3sccc23)c(C)c1. The maximum atomic E-state index is 12.0. The molecule has 1 N–H and O–H groups in total. The number of carbonyl (C=O) groups is 1. The van der Waals surface area contributed by atoms with Crippen molar-refractivity contribution >= 4 is 33.1 Å². The predicted molar refractivity (Wildman–Crippen MR) is 87.5 cm³/mol. The van der Waals surface area contributed by atoms with Crippen LogP contribution in [0.15, 0.2) is 36.0 Å². The molecule has 22 heavy (non-hydrogen) atoms. The van der Waals surface area contributed by atoms with Gasteiger partial charge in [0, 0.05) is 5.69 Å². The van der Waals surface area contributed by atoms with Crippen LogP contribution in [0.5, 0.6) is 5.88 Å². The van der Waals surface area contributed by atoms with E-state index < -0.39 is 0 Å². The molecule has 0 radical (unpaired) electrons. The molecular formula is C16H15N3O2S. The number of nitrogens with one attached hydrogen (secondary N) is 1. The highest BCUT2D eigenvalue weighted by atomic mass is 32.1. The number of benzene rings is 1. The second kappa shape index (κ2) is 6.11. The van der Waals surface area contributed by atoms with Crippen LogP contribution in [-0.2, 0) is 4.79 Å². The number of aromatic nitrogens is 2. The van der Waals surface area contributed by atoms with E-state index in [0.29, 0.717) is 5.88 Å². The van der Waals surface area contributed by atoms with Crippen molar-refractivity contribution in [3.63, 3.8) is 0 Å². The third-order valence-corrected chi connectivity index (χ3v) is 4.04. The first-order valence-electron chi connectivity index (χ1n) is 6.81. The van der Waals surface area contributed by atoms with E-state index in [4.69, 9.17) is 4.74 Å². The van der Waals surface area contributed by atoms with Crippen LogP contribution >= 0.6 is 11.3 Å². The minimum absolute atomic E-state index is 0.0880. The van der Waals surface area contributed by atoms with E-state index in [-0.39, 0.29) is 12.5 Å². The quantitative estimate of drug-likeness (QED) is 0.802. The van der Waals surface area contributed by atoms with E-state index in [1.54, 1.807) is 0 Å². The van der Waals surface area contributed by atoms with Crippen LogP contribution in [0.1, 0.15) is 11.1 Å². The molecule has 0 aliphatic carbocycles. The van der Waals surface area contributed by atoms with E-state index in [9.17, 15) is 4.79 Å². The lowest BCUT2D eigenvalue weighted by Gasteiger charge is -2.10. The van der Waals surface area contributed by atoms with E-state index in [1.165, 1.54) is 17.7 Å². The molecule has 0 spiro atoms. The maximum Gasteiger partial charge on any atom is 0.262 e. The zero-order valence-electron chi connectivity index (χ0n) is 12.3. The lowest BCUT2D eigenvalue weighted by molar-refractivity contribution is -0.118. The van der Waals surface area contributed by atoms with E-state index in [2.05, 4.69) is 15.3 Å². The van der Waals surface area contributed by atoms with Crippen molar-refractivity contribution in [2.24, 2.45) is 0 Å². The summed E-state index contributed by atoms with van der Waals surface area (Å²) < 4.78 is 5.52. The van der Waals surface area contributed by atoms with Crippen molar-refractivity contribution in [2.75, 3.05) is 11.9 Å². The number of ether oxygens (including phenoxy) is 1. The largest absolute Gasteiger partial charge is 0.467 e. The Morgan fingerprint density at radius 1 is 1.27 bits per heavy atom. The fourth-order valence-electron chi connectivity index (χ4n) is 2.16. The van der Waals surface area contributed by atoms with Gasteiger partial charge in [-0.2, -0.15) is 0 Å². The lowest BCUT2D eigenvalue weighted by atomic mass is 10.1. The van der Waals surface area contributed by atoms with Crippen LogP contribution in [0.25, 0.3) is 10.2 Å². The Bertz CT molecular complexity index is 829. The standard InChI is InChI=1S/C16H15N3O2S/c1-10-3-4-13(11(2)7-10)19-14(20)8-21-15-12-5-6-22-16(12)18-9-17-15/h3-7,9H,8H2,1-2H3,(H,19,20). The number of aryl methyl sites for hydroxylation is 2. The molecule has 0 fully saturated rings. The van der Waals surface area contributed by atoms with Crippen molar-refractivity contribution in [1.82, 2.24) is 9.97 Å². The molecule has 1 amide bonds. The lowest BCUT2D eigenvalue weighted by Crippen LogP contribution is -2.21. The minimum atomic E-state index is -0.214. The van der Waals surface area contributed by atoms with Gasteiger partial charge in [0.05, 0.1) is 5.39 Å². The van der Waals surface area contributed by atoms with Crippen LogP contribution < -0.4 is 10.1 Å². The highest BCUT2D eigenvalue weighted by Crippen LogP contribution is 2.25. The van der Waals surface area contributed by atoms with E-state index in [0.717, 1.165) is 27.0 Å². The normalized spacial score (nSPS) is 10.6. The molecule has 0 saturated heterocycles. The Morgan fingerprint density at radius 2 is 2.14 bits per heavy atom. The minimum Gasteiger partial charge on any atom is -0.467 e. The fraction of sp³-hybridized carbons (Fsp3) is 0.188. The zero-order chi connectivity index (χ0) is 15.5. The summed E-state index contributed by atoms with van der Waals surface area (Å²) in [5.74, 6) is 0.218. The molecule has 6 heteroatoms. The van der Waals surface area contributed by atoms with Crippen molar-refractivity contribution in [1.29, 1.82) is 0 Å². The summed E-state index contributed by atoms with van der Waals surface area (Å²) in [6.07, 6.45) is 1.44. The molecule has 0 bridgehead atoms. The van der Waals surface area contributed by atoms with Gasteiger partial charge in [-0.25, -0.2) is 9.97 Å². The van der Waals surface area contributed by atoms with Crippen molar-refractivity contribution in [3.05, 3.63) is 47.1 Å². The molecule has 0 aliphatic rings. The number of anilines is 1. The molecule has 0 atom stereocenters. The highest BCUT2D eigenvalue weighted by Gasteiger charge is 2.09. The Hall–Kier alpha value is -2.47. The van der Waals surface area contributed by atoms with E-state index >= 15 is 0 Å². The van der Waals surface area contributed by atoms with Crippen LogP contribution in [0.3, 0.4) is 0 Å². The second-order valence-electron chi connectivity index (χ2n) is 4.97. The molecule has 0 saturated carbocycles. The number of carbonyl (C=O) groups excluding carboxylic acids is 1.